The molecule has 0 aliphatic carbocycles. The Labute approximate surface area is 114 Å². The van der Waals surface area contributed by atoms with Crippen molar-refractivity contribution in [3.8, 4) is 0 Å². The first-order valence-corrected chi connectivity index (χ1v) is 7.32. The van der Waals surface area contributed by atoms with Crippen LogP contribution in [0.25, 0.3) is 0 Å². The van der Waals surface area contributed by atoms with Crippen molar-refractivity contribution in [1.82, 2.24) is 5.32 Å². The van der Waals surface area contributed by atoms with Crippen molar-refractivity contribution in [2.45, 2.75) is 91.3 Å². The largest absolute Gasteiger partial charge is 0.390 e. The van der Waals surface area contributed by atoms with Gasteiger partial charge in [-0.05, 0) is 73.6 Å². The molecule has 0 heterocycles. The Kier molecular flexibility index (Phi) is 8.54. The fourth-order valence-electron chi connectivity index (χ4n) is 2.12. The van der Waals surface area contributed by atoms with Crippen LogP contribution in [-0.2, 0) is 0 Å². The van der Waals surface area contributed by atoms with Gasteiger partial charge in [-0.15, -0.1) is 0 Å². The lowest BCUT2D eigenvalue weighted by Crippen LogP contribution is -2.34. The Bertz CT molecular complexity index is 236. The number of rotatable bonds is 9. The summed E-state index contributed by atoms with van der Waals surface area (Å²) in [5.74, 6) is 0. The van der Waals surface area contributed by atoms with E-state index in [0.29, 0.717) is 12.1 Å². The molecular formula is C16H33NO. The summed E-state index contributed by atoms with van der Waals surface area (Å²) in [6, 6.07) is 1.10. The van der Waals surface area contributed by atoms with E-state index in [1.807, 2.05) is 13.8 Å². The normalized spacial score (nSPS) is 15.3. The standard InChI is InChI=1S/C16H33NO/c1-13(2)9-7-10-14(3)17-15(4)11-8-12-16(5,6)18/h9,14-15,17-18H,7-8,10-12H2,1-6H3. The van der Waals surface area contributed by atoms with Gasteiger partial charge < -0.3 is 10.4 Å². The molecule has 0 aliphatic rings. The van der Waals surface area contributed by atoms with E-state index in [0.717, 1.165) is 25.7 Å². The molecule has 108 valence electrons. The summed E-state index contributed by atoms with van der Waals surface area (Å²) in [5.41, 5.74) is 0.884. The molecular weight excluding hydrogens is 222 g/mol. The molecule has 0 saturated heterocycles. The predicted octanol–water partition coefficient (Wildman–Crippen LogP) is 4.04. The van der Waals surface area contributed by atoms with E-state index >= 15 is 0 Å². The van der Waals surface area contributed by atoms with E-state index in [9.17, 15) is 5.11 Å². The fourth-order valence-corrected chi connectivity index (χ4v) is 2.12. The van der Waals surface area contributed by atoms with E-state index in [1.54, 1.807) is 0 Å². The highest BCUT2D eigenvalue weighted by Crippen LogP contribution is 2.13. The molecule has 2 heteroatoms. The summed E-state index contributed by atoms with van der Waals surface area (Å²) >= 11 is 0. The quantitative estimate of drug-likeness (QED) is 0.609. The number of aliphatic hydroxyl groups is 1. The monoisotopic (exact) mass is 255 g/mol. The molecule has 2 atom stereocenters. The first kappa shape index (κ1) is 17.7. The van der Waals surface area contributed by atoms with E-state index in [2.05, 4.69) is 39.1 Å². The van der Waals surface area contributed by atoms with Crippen LogP contribution in [-0.4, -0.2) is 22.8 Å². The summed E-state index contributed by atoms with van der Waals surface area (Å²) in [5, 5.41) is 13.3. The van der Waals surface area contributed by atoms with Crippen molar-refractivity contribution in [3.05, 3.63) is 11.6 Å². The van der Waals surface area contributed by atoms with Crippen LogP contribution in [0, 0.1) is 0 Å². The fraction of sp³-hybridized carbons (Fsp3) is 0.875. The van der Waals surface area contributed by atoms with Gasteiger partial charge >= 0.3 is 0 Å². The third-order valence-electron chi connectivity index (χ3n) is 3.15. The molecule has 0 bridgehead atoms. The second-order valence-corrected chi connectivity index (χ2v) is 6.53. The van der Waals surface area contributed by atoms with E-state index < -0.39 is 5.60 Å². The first-order chi connectivity index (χ1) is 8.20. The van der Waals surface area contributed by atoms with Crippen molar-refractivity contribution in [1.29, 1.82) is 0 Å². The second kappa shape index (κ2) is 8.71. The highest BCUT2D eigenvalue weighted by atomic mass is 16.3. The molecule has 2 unspecified atom stereocenters. The van der Waals surface area contributed by atoms with Gasteiger partial charge in [0.15, 0.2) is 0 Å². The molecule has 0 saturated carbocycles. The Hall–Kier alpha value is -0.340. The van der Waals surface area contributed by atoms with Gasteiger partial charge in [-0.2, -0.15) is 0 Å². The van der Waals surface area contributed by atoms with Gasteiger partial charge in [0.05, 0.1) is 5.60 Å². The maximum absolute atomic E-state index is 9.65. The van der Waals surface area contributed by atoms with Gasteiger partial charge in [-0.25, -0.2) is 0 Å². The lowest BCUT2D eigenvalue weighted by Gasteiger charge is -2.22. The molecule has 0 amide bonds. The van der Waals surface area contributed by atoms with Crippen LogP contribution in [0.1, 0.15) is 73.6 Å². The lowest BCUT2D eigenvalue weighted by molar-refractivity contribution is 0.0674. The minimum absolute atomic E-state index is 0.519. The molecule has 0 fully saturated rings. The zero-order valence-electron chi connectivity index (χ0n) is 13.2. The van der Waals surface area contributed by atoms with Crippen molar-refractivity contribution in [3.63, 3.8) is 0 Å². The average Bonchev–Trinajstić information content (AvgIpc) is 2.14. The molecule has 0 aromatic heterocycles. The average molecular weight is 255 g/mol. The third kappa shape index (κ3) is 12.1. The highest BCUT2D eigenvalue weighted by Gasteiger charge is 2.13. The topological polar surface area (TPSA) is 32.3 Å². The molecule has 2 nitrogen and oxygen atoms in total. The van der Waals surface area contributed by atoms with Crippen LogP contribution >= 0.6 is 0 Å². The molecule has 2 N–H and O–H groups in total. The molecule has 0 rings (SSSR count). The zero-order valence-corrected chi connectivity index (χ0v) is 13.2. The molecule has 0 aliphatic heterocycles. The van der Waals surface area contributed by atoms with Crippen molar-refractivity contribution in [2.75, 3.05) is 0 Å². The zero-order chi connectivity index (χ0) is 14.2. The van der Waals surface area contributed by atoms with Gasteiger partial charge in [-0.3, -0.25) is 0 Å². The Morgan fingerprint density at radius 2 is 1.72 bits per heavy atom. The molecule has 0 aromatic carbocycles. The molecule has 0 aromatic rings. The van der Waals surface area contributed by atoms with Gasteiger partial charge in [-0.1, -0.05) is 11.6 Å². The summed E-state index contributed by atoms with van der Waals surface area (Å²) in [6.45, 7) is 12.6. The van der Waals surface area contributed by atoms with Crippen LogP contribution in [0.3, 0.4) is 0 Å². The molecule has 18 heavy (non-hydrogen) atoms. The maximum Gasteiger partial charge on any atom is 0.0591 e. The summed E-state index contributed by atoms with van der Waals surface area (Å²) in [6.07, 6.45) is 7.76. The molecule has 0 spiro atoms. The SMILES string of the molecule is CC(C)=CCCC(C)NC(C)CCCC(C)(C)O. The van der Waals surface area contributed by atoms with Crippen LogP contribution in [0.2, 0.25) is 0 Å². The van der Waals surface area contributed by atoms with Crippen molar-refractivity contribution >= 4 is 0 Å². The van der Waals surface area contributed by atoms with Crippen LogP contribution in [0.15, 0.2) is 11.6 Å². The molecule has 0 radical (unpaired) electrons. The van der Waals surface area contributed by atoms with Crippen molar-refractivity contribution in [2.24, 2.45) is 0 Å². The summed E-state index contributed by atoms with van der Waals surface area (Å²) in [4.78, 5) is 0. The minimum atomic E-state index is -0.519. The van der Waals surface area contributed by atoms with Crippen LogP contribution in [0.4, 0.5) is 0 Å². The number of nitrogens with one attached hydrogen (secondary N) is 1. The Balaban J connectivity index is 3.67. The lowest BCUT2D eigenvalue weighted by atomic mass is 9.99. The minimum Gasteiger partial charge on any atom is -0.390 e. The van der Waals surface area contributed by atoms with Gasteiger partial charge in [0.1, 0.15) is 0 Å². The third-order valence-corrected chi connectivity index (χ3v) is 3.15. The number of allylic oxidation sites excluding steroid dienone is 2. The van der Waals surface area contributed by atoms with Crippen LogP contribution in [0.5, 0.6) is 0 Å². The Morgan fingerprint density at radius 3 is 2.22 bits per heavy atom. The van der Waals surface area contributed by atoms with E-state index in [4.69, 9.17) is 0 Å². The predicted molar refractivity (Wildman–Crippen MR) is 80.9 cm³/mol. The summed E-state index contributed by atoms with van der Waals surface area (Å²) in [7, 11) is 0. The number of hydrogen-bond donors (Lipinski definition) is 2. The van der Waals surface area contributed by atoms with Gasteiger partial charge in [0, 0.05) is 12.1 Å². The smallest absolute Gasteiger partial charge is 0.0591 e. The van der Waals surface area contributed by atoms with Gasteiger partial charge in [0.2, 0.25) is 0 Å². The maximum atomic E-state index is 9.65. The van der Waals surface area contributed by atoms with Crippen molar-refractivity contribution < 1.29 is 5.11 Å². The van der Waals surface area contributed by atoms with E-state index in [1.165, 1.54) is 12.0 Å². The highest BCUT2D eigenvalue weighted by molar-refractivity contribution is 4.93. The summed E-state index contributed by atoms with van der Waals surface area (Å²) < 4.78 is 0. The second-order valence-electron chi connectivity index (χ2n) is 6.53. The van der Waals surface area contributed by atoms with E-state index in [-0.39, 0.29) is 0 Å². The first-order valence-electron chi connectivity index (χ1n) is 7.32. The van der Waals surface area contributed by atoms with Gasteiger partial charge in [0.25, 0.3) is 0 Å². The van der Waals surface area contributed by atoms with Crippen LogP contribution < -0.4 is 5.32 Å². The number of hydrogen-bond acceptors (Lipinski definition) is 2. The Morgan fingerprint density at radius 1 is 1.17 bits per heavy atom.